The molecule has 1 aromatic carbocycles. The number of benzene rings is 1. The van der Waals surface area contributed by atoms with Crippen LogP contribution in [0.3, 0.4) is 0 Å². The lowest BCUT2D eigenvalue weighted by Crippen LogP contribution is -2.18. The molecule has 0 aliphatic carbocycles. The summed E-state index contributed by atoms with van der Waals surface area (Å²) in [6, 6.07) is 2.48. The molecule has 0 fully saturated rings. The van der Waals surface area contributed by atoms with Gasteiger partial charge in [0, 0.05) is 12.5 Å². The Kier molecular flexibility index (Phi) is 4.97. The Labute approximate surface area is 113 Å². The number of hydrogen-bond acceptors (Lipinski definition) is 5. The fraction of sp³-hybridized carbons (Fsp3) is 0.300. The van der Waals surface area contributed by atoms with Gasteiger partial charge in [-0.3, -0.25) is 19.6 Å². The molecule has 0 saturated carbocycles. The Morgan fingerprint density at radius 3 is 2.60 bits per heavy atom. The minimum atomic E-state index is -3.91. The maximum atomic E-state index is 13.5. The molecule has 0 atom stereocenters. The van der Waals surface area contributed by atoms with E-state index in [1.165, 1.54) is 0 Å². The van der Waals surface area contributed by atoms with Gasteiger partial charge in [0.1, 0.15) is 0 Å². The van der Waals surface area contributed by atoms with Crippen LogP contribution in [-0.4, -0.2) is 30.2 Å². The van der Waals surface area contributed by atoms with E-state index in [0.29, 0.717) is 6.07 Å². The average Bonchev–Trinajstić information content (AvgIpc) is 2.30. The second-order valence-corrected chi connectivity index (χ2v) is 5.68. The number of nitrogens with one attached hydrogen (secondary N) is 1. The molecule has 1 aromatic rings. The van der Waals surface area contributed by atoms with Crippen molar-refractivity contribution >= 4 is 27.4 Å². The lowest BCUT2D eigenvalue weighted by Gasteiger charge is -2.08. The van der Waals surface area contributed by atoms with Gasteiger partial charge in [-0.25, -0.2) is 12.8 Å². The number of rotatable bonds is 7. The number of non-ortho nitro benzene ring substituents is 1. The van der Waals surface area contributed by atoms with E-state index in [2.05, 4.69) is 0 Å². The molecule has 0 heterocycles. The quantitative estimate of drug-likeness (QED) is 0.578. The number of nitro benzene ring substituents is 1. The smallest absolute Gasteiger partial charge is 0.303 e. The summed E-state index contributed by atoms with van der Waals surface area (Å²) >= 11 is 0. The summed E-state index contributed by atoms with van der Waals surface area (Å²) in [5.74, 6) is -2.71. The van der Waals surface area contributed by atoms with Gasteiger partial charge in [-0.05, 0) is 12.5 Å². The summed E-state index contributed by atoms with van der Waals surface area (Å²) in [5, 5.41) is 18.8. The number of nitrogens with zero attached hydrogens (tertiary/aromatic N) is 1. The van der Waals surface area contributed by atoms with Crippen molar-refractivity contribution in [3.8, 4) is 0 Å². The maximum Gasteiger partial charge on any atom is 0.303 e. The van der Waals surface area contributed by atoms with E-state index in [1.807, 2.05) is 4.72 Å². The van der Waals surface area contributed by atoms with Crippen LogP contribution in [0.5, 0.6) is 0 Å². The van der Waals surface area contributed by atoms with Gasteiger partial charge in [-0.1, -0.05) is 0 Å². The molecule has 0 aromatic heterocycles. The van der Waals surface area contributed by atoms with Gasteiger partial charge >= 0.3 is 5.97 Å². The fourth-order valence-electron chi connectivity index (χ4n) is 1.33. The van der Waals surface area contributed by atoms with Gasteiger partial charge in [0.2, 0.25) is 10.0 Å². The largest absolute Gasteiger partial charge is 0.481 e. The predicted molar refractivity (Wildman–Crippen MR) is 67.3 cm³/mol. The number of hydrogen-bond donors (Lipinski definition) is 2. The molecule has 0 saturated heterocycles. The van der Waals surface area contributed by atoms with Gasteiger partial charge in [0.25, 0.3) is 5.69 Å². The van der Waals surface area contributed by atoms with Crippen LogP contribution in [0, 0.1) is 15.9 Å². The Bertz CT molecular complexity index is 631. The standard InChI is InChI=1S/C10H11FN2O6S/c11-8-6-7(13(16)17)3-4-9(8)12-20(18,19)5-1-2-10(14)15/h3-4,6,12H,1-2,5H2,(H,14,15). The third-order valence-corrected chi connectivity index (χ3v) is 3.59. The van der Waals surface area contributed by atoms with Gasteiger partial charge in [-0.2, -0.15) is 0 Å². The van der Waals surface area contributed by atoms with Crippen molar-refractivity contribution in [3.63, 3.8) is 0 Å². The highest BCUT2D eigenvalue weighted by Crippen LogP contribution is 2.21. The lowest BCUT2D eigenvalue weighted by atomic mass is 10.3. The van der Waals surface area contributed by atoms with Crippen molar-refractivity contribution in [2.75, 3.05) is 10.5 Å². The van der Waals surface area contributed by atoms with Crippen molar-refractivity contribution in [2.45, 2.75) is 12.8 Å². The van der Waals surface area contributed by atoms with Crippen LogP contribution in [0.25, 0.3) is 0 Å². The SMILES string of the molecule is O=C(O)CCCS(=O)(=O)Nc1ccc([N+](=O)[O-])cc1F. The zero-order valence-corrected chi connectivity index (χ0v) is 10.9. The van der Waals surface area contributed by atoms with E-state index in [0.717, 1.165) is 12.1 Å². The molecule has 0 amide bonds. The third-order valence-electron chi connectivity index (χ3n) is 2.23. The van der Waals surface area contributed by atoms with Crippen molar-refractivity contribution in [1.82, 2.24) is 0 Å². The van der Waals surface area contributed by atoms with Crippen molar-refractivity contribution in [3.05, 3.63) is 34.1 Å². The highest BCUT2D eigenvalue weighted by atomic mass is 32.2. The molecule has 0 aliphatic heterocycles. The second-order valence-electron chi connectivity index (χ2n) is 3.84. The first-order valence-corrected chi connectivity index (χ1v) is 7.03. The summed E-state index contributed by atoms with van der Waals surface area (Å²) in [6.07, 6.45) is -0.455. The van der Waals surface area contributed by atoms with Crippen LogP contribution in [0.15, 0.2) is 18.2 Å². The second kappa shape index (κ2) is 6.28. The van der Waals surface area contributed by atoms with Gasteiger partial charge in [-0.15, -0.1) is 0 Å². The molecule has 0 radical (unpaired) electrons. The van der Waals surface area contributed by atoms with E-state index in [9.17, 15) is 27.7 Å². The molecular formula is C10H11FN2O6S. The summed E-state index contributed by atoms with van der Waals surface area (Å²) in [6.45, 7) is 0. The molecule has 2 N–H and O–H groups in total. The molecule has 110 valence electrons. The van der Waals surface area contributed by atoms with E-state index in [4.69, 9.17) is 5.11 Å². The zero-order chi connectivity index (χ0) is 15.3. The molecule has 0 spiro atoms. The van der Waals surface area contributed by atoms with Crippen molar-refractivity contribution < 1.29 is 27.6 Å². The van der Waals surface area contributed by atoms with Crippen LogP contribution in [-0.2, 0) is 14.8 Å². The Balaban J connectivity index is 2.77. The molecule has 1 rings (SSSR count). The topological polar surface area (TPSA) is 127 Å². The Hall–Kier alpha value is -2.23. The van der Waals surface area contributed by atoms with Crippen LogP contribution < -0.4 is 4.72 Å². The van der Waals surface area contributed by atoms with E-state index in [-0.39, 0.29) is 12.8 Å². The van der Waals surface area contributed by atoms with E-state index in [1.54, 1.807) is 0 Å². The van der Waals surface area contributed by atoms with E-state index < -0.39 is 43.9 Å². The minimum Gasteiger partial charge on any atom is -0.481 e. The van der Waals surface area contributed by atoms with Gasteiger partial charge in [0.05, 0.1) is 22.4 Å². The number of sulfonamides is 1. The monoisotopic (exact) mass is 306 g/mol. The number of carbonyl (C=O) groups is 1. The first-order valence-electron chi connectivity index (χ1n) is 5.37. The number of aliphatic carboxylic acids is 1. The van der Waals surface area contributed by atoms with E-state index >= 15 is 0 Å². The van der Waals surface area contributed by atoms with Crippen molar-refractivity contribution in [2.24, 2.45) is 0 Å². The average molecular weight is 306 g/mol. The summed E-state index contributed by atoms with van der Waals surface area (Å²) in [7, 11) is -3.91. The third kappa shape index (κ3) is 4.80. The van der Waals surface area contributed by atoms with Crippen LogP contribution in [0.4, 0.5) is 15.8 Å². The summed E-state index contributed by atoms with van der Waals surface area (Å²) in [5.41, 5.74) is -0.928. The number of halogens is 1. The summed E-state index contributed by atoms with van der Waals surface area (Å²) < 4.78 is 38.5. The summed E-state index contributed by atoms with van der Waals surface area (Å²) in [4.78, 5) is 19.8. The normalized spacial score (nSPS) is 11.1. The van der Waals surface area contributed by atoms with Gasteiger partial charge < -0.3 is 5.11 Å². The molecule has 8 nitrogen and oxygen atoms in total. The number of anilines is 1. The Morgan fingerprint density at radius 2 is 2.10 bits per heavy atom. The van der Waals surface area contributed by atoms with Crippen molar-refractivity contribution in [1.29, 1.82) is 0 Å². The molecular weight excluding hydrogens is 295 g/mol. The molecule has 10 heteroatoms. The number of nitro groups is 1. The predicted octanol–water partition coefficient (Wildman–Crippen LogP) is 1.34. The maximum absolute atomic E-state index is 13.5. The zero-order valence-electron chi connectivity index (χ0n) is 10.1. The highest BCUT2D eigenvalue weighted by Gasteiger charge is 2.16. The molecule has 0 aliphatic rings. The number of carboxylic acid groups (broad SMARTS) is 1. The van der Waals surface area contributed by atoms with Crippen LogP contribution in [0.1, 0.15) is 12.8 Å². The fourth-order valence-corrected chi connectivity index (χ4v) is 2.46. The highest BCUT2D eigenvalue weighted by molar-refractivity contribution is 7.92. The Morgan fingerprint density at radius 1 is 1.45 bits per heavy atom. The van der Waals surface area contributed by atoms with Crippen LogP contribution >= 0.6 is 0 Å². The molecule has 0 bridgehead atoms. The lowest BCUT2D eigenvalue weighted by molar-refractivity contribution is -0.385. The first-order chi connectivity index (χ1) is 9.21. The van der Waals surface area contributed by atoms with Crippen LogP contribution in [0.2, 0.25) is 0 Å². The molecule has 0 unspecified atom stereocenters. The minimum absolute atomic E-state index is 0.126. The van der Waals surface area contributed by atoms with Gasteiger partial charge in [0.15, 0.2) is 5.82 Å². The first kappa shape index (κ1) is 15.8. The number of carboxylic acids is 1. The molecule has 20 heavy (non-hydrogen) atoms.